The average Bonchev–Trinajstić information content (AvgIpc) is 2.87. The van der Waals surface area contributed by atoms with Crippen LogP contribution in [0.1, 0.15) is 60.8 Å². The predicted octanol–water partition coefficient (Wildman–Crippen LogP) is 7.21. The van der Waals surface area contributed by atoms with E-state index in [9.17, 15) is 13.7 Å². The monoisotopic (exact) mass is 600 g/mol. The second-order valence-electron chi connectivity index (χ2n) is 8.55. The lowest BCUT2D eigenvalue weighted by Crippen LogP contribution is -2.57. The van der Waals surface area contributed by atoms with Crippen molar-refractivity contribution in [2.75, 3.05) is 39.6 Å². The standard InChI is InChI=1S/C23H39O12P3/c1-7-30-36(24,31-8-2)19-13-22-14-20(37(25,32-9-3)33-10-4)17-28-23(22,27-16-19)29-18-21(15-22)38(26,34-11-5)35-12-6/h16-18H,7-15H2,1-6H3. The zero-order chi connectivity index (χ0) is 28.1. The Bertz CT molecular complexity index is 922. The molecule has 0 saturated heterocycles. The van der Waals surface area contributed by atoms with Gasteiger partial charge >= 0.3 is 28.8 Å². The average molecular weight is 600 g/mol. The van der Waals surface area contributed by atoms with E-state index in [1.165, 1.54) is 18.8 Å². The smallest absolute Gasteiger partial charge is 0.422 e. The van der Waals surface area contributed by atoms with E-state index in [2.05, 4.69) is 0 Å². The van der Waals surface area contributed by atoms with E-state index in [-0.39, 0.29) is 74.8 Å². The molecule has 0 aromatic heterocycles. The summed E-state index contributed by atoms with van der Waals surface area (Å²) >= 11 is 0. The van der Waals surface area contributed by atoms with Crippen molar-refractivity contribution in [2.45, 2.75) is 66.8 Å². The molecule has 3 rings (SSSR count). The first kappa shape index (κ1) is 31.6. The number of ether oxygens (including phenoxy) is 3. The second-order valence-corrected chi connectivity index (χ2v) is 14.8. The molecule has 0 aromatic rings. The minimum Gasteiger partial charge on any atom is -0.427 e. The molecule has 0 amide bonds. The van der Waals surface area contributed by atoms with Crippen LogP contribution in [0.5, 0.6) is 0 Å². The van der Waals surface area contributed by atoms with Gasteiger partial charge in [-0.2, -0.15) is 0 Å². The third-order valence-corrected chi connectivity index (χ3v) is 12.6. The molecule has 218 valence electrons. The van der Waals surface area contributed by atoms with Crippen LogP contribution < -0.4 is 0 Å². The molecule has 0 aromatic carbocycles. The zero-order valence-electron chi connectivity index (χ0n) is 22.8. The summed E-state index contributed by atoms with van der Waals surface area (Å²) in [6, 6.07) is 0. The van der Waals surface area contributed by atoms with Gasteiger partial charge in [-0.15, -0.1) is 0 Å². The van der Waals surface area contributed by atoms with E-state index in [0.717, 1.165) is 0 Å². The first-order valence-electron chi connectivity index (χ1n) is 12.8. The van der Waals surface area contributed by atoms with Crippen molar-refractivity contribution in [2.24, 2.45) is 5.41 Å². The van der Waals surface area contributed by atoms with Crippen molar-refractivity contribution in [3.63, 3.8) is 0 Å². The molecule has 0 saturated carbocycles. The Morgan fingerprint density at radius 2 is 0.789 bits per heavy atom. The molecule has 0 unspecified atom stereocenters. The molecular weight excluding hydrogens is 561 g/mol. The highest BCUT2D eigenvalue weighted by atomic mass is 31.2. The van der Waals surface area contributed by atoms with Crippen LogP contribution in [0.4, 0.5) is 0 Å². The van der Waals surface area contributed by atoms with Crippen LogP contribution in [-0.2, 0) is 55.0 Å². The second kappa shape index (κ2) is 12.7. The van der Waals surface area contributed by atoms with Gasteiger partial charge in [-0.05, 0) is 41.5 Å². The van der Waals surface area contributed by atoms with Crippen LogP contribution in [0.15, 0.2) is 34.7 Å². The SMILES string of the molecule is CCOP(=O)(OCC)C1=COC23OC=C(P(=O)(OCC)OCC)CC2(C1)CC(P(=O)(OCC)OCC)=CO3. The summed E-state index contributed by atoms with van der Waals surface area (Å²) in [5.74, 6) is -1.75. The van der Waals surface area contributed by atoms with Crippen molar-refractivity contribution in [1.82, 2.24) is 0 Å². The lowest BCUT2D eigenvalue weighted by molar-refractivity contribution is -0.393. The number of allylic oxidation sites excluding steroid dienone is 3. The maximum absolute atomic E-state index is 13.8. The lowest BCUT2D eigenvalue weighted by Gasteiger charge is -2.53. The summed E-state index contributed by atoms with van der Waals surface area (Å²) in [7, 11) is -11.3. The largest absolute Gasteiger partial charge is 0.427 e. The fraction of sp³-hybridized carbons (Fsp3) is 0.739. The topological polar surface area (TPSA) is 134 Å². The highest BCUT2D eigenvalue weighted by Gasteiger charge is 2.68. The number of hydrogen-bond acceptors (Lipinski definition) is 12. The molecule has 0 bridgehead atoms. The molecule has 0 fully saturated rings. The van der Waals surface area contributed by atoms with Gasteiger partial charge in [-0.25, -0.2) is 0 Å². The van der Waals surface area contributed by atoms with Crippen LogP contribution in [0, 0.1) is 5.41 Å². The van der Waals surface area contributed by atoms with E-state index < -0.39 is 34.2 Å². The fourth-order valence-corrected chi connectivity index (χ4v) is 9.98. The van der Waals surface area contributed by atoms with Crippen molar-refractivity contribution in [3.8, 4) is 0 Å². The molecule has 12 nitrogen and oxygen atoms in total. The lowest BCUT2D eigenvalue weighted by atomic mass is 9.72. The highest BCUT2D eigenvalue weighted by Crippen LogP contribution is 2.73. The minimum atomic E-state index is -3.78. The van der Waals surface area contributed by atoms with Gasteiger partial charge in [0.15, 0.2) is 0 Å². The van der Waals surface area contributed by atoms with Crippen molar-refractivity contribution in [1.29, 1.82) is 0 Å². The molecule has 3 aliphatic heterocycles. The molecule has 0 radical (unpaired) electrons. The Labute approximate surface area is 224 Å². The van der Waals surface area contributed by atoms with E-state index in [0.29, 0.717) is 0 Å². The van der Waals surface area contributed by atoms with Gasteiger partial charge in [0, 0.05) is 19.3 Å². The van der Waals surface area contributed by atoms with Gasteiger partial charge in [-0.3, -0.25) is 13.7 Å². The van der Waals surface area contributed by atoms with Crippen LogP contribution >= 0.6 is 22.8 Å². The quantitative estimate of drug-likeness (QED) is 0.176. The normalized spacial score (nSPS) is 25.6. The predicted molar refractivity (Wildman–Crippen MR) is 139 cm³/mol. The maximum atomic E-state index is 13.8. The summed E-state index contributed by atoms with van der Waals surface area (Å²) in [5.41, 5.74) is -1.25. The van der Waals surface area contributed by atoms with E-state index in [1.54, 1.807) is 41.5 Å². The summed E-state index contributed by atoms with van der Waals surface area (Å²) in [4.78, 5) is 0. The minimum absolute atomic E-state index is 0.00938. The summed E-state index contributed by atoms with van der Waals surface area (Å²) < 4.78 is 92.7. The fourth-order valence-electron chi connectivity index (χ4n) is 4.69. The van der Waals surface area contributed by atoms with E-state index in [4.69, 9.17) is 41.4 Å². The van der Waals surface area contributed by atoms with Crippen molar-refractivity contribution in [3.05, 3.63) is 34.7 Å². The summed E-state index contributed by atoms with van der Waals surface area (Å²) in [5, 5.41) is 0.700. The van der Waals surface area contributed by atoms with Gasteiger partial charge in [0.2, 0.25) is 0 Å². The maximum Gasteiger partial charge on any atom is 0.422 e. The van der Waals surface area contributed by atoms with Gasteiger partial charge in [0.05, 0.1) is 55.6 Å². The van der Waals surface area contributed by atoms with Crippen molar-refractivity contribution < 1.29 is 55.0 Å². The third kappa shape index (κ3) is 5.90. The van der Waals surface area contributed by atoms with E-state index in [1.807, 2.05) is 0 Å². The molecular formula is C23H39O12P3. The molecule has 0 atom stereocenters. The first-order valence-corrected chi connectivity index (χ1v) is 17.5. The molecule has 38 heavy (non-hydrogen) atoms. The third-order valence-electron chi connectivity index (χ3n) is 6.11. The van der Waals surface area contributed by atoms with Crippen LogP contribution in [0.3, 0.4) is 0 Å². The molecule has 0 spiro atoms. The Balaban J connectivity index is 2.14. The zero-order valence-corrected chi connectivity index (χ0v) is 25.5. The number of rotatable bonds is 15. The van der Waals surface area contributed by atoms with Crippen molar-refractivity contribution >= 4 is 22.8 Å². The summed E-state index contributed by atoms with van der Waals surface area (Å²) in [6.07, 6.45) is 3.81. The molecule has 0 aliphatic carbocycles. The molecule has 3 heterocycles. The van der Waals surface area contributed by atoms with Crippen LogP contribution in [0.25, 0.3) is 0 Å². The van der Waals surface area contributed by atoms with Gasteiger partial charge in [-0.1, -0.05) is 0 Å². The Morgan fingerprint density at radius 1 is 0.553 bits per heavy atom. The Morgan fingerprint density at radius 3 is 1.00 bits per heavy atom. The Kier molecular flexibility index (Phi) is 10.6. The molecule has 0 N–H and O–H groups in total. The summed E-state index contributed by atoms with van der Waals surface area (Å²) in [6.45, 7) is 11.0. The van der Waals surface area contributed by atoms with E-state index >= 15 is 0 Å². The van der Waals surface area contributed by atoms with Gasteiger partial charge in [0.1, 0.15) is 24.2 Å². The first-order chi connectivity index (χ1) is 18.1. The highest BCUT2D eigenvalue weighted by molar-refractivity contribution is 7.59. The number of hydrogen-bond donors (Lipinski definition) is 0. The molecule has 15 heteroatoms. The van der Waals surface area contributed by atoms with Crippen LogP contribution in [-0.4, -0.2) is 45.6 Å². The van der Waals surface area contributed by atoms with Gasteiger partial charge in [0.25, 0.3) is 0 Å². The van der Waals surface area contributed by atoms with Crippen LogP contribution in [0.2, 0.25) is 0 Å². The molecule has 3 aliphatic rings. The van der Waals surface area contributed by atoms with Gasteiger partial charge < -0.3 is 41.4 Å². The Hall–Kier alpha value is -0.930.